The van der Waals surface area contributed by atoms with Crippen molar-refractivity contribution in [3.05, 3.63) is 35.4 Å². The molecular formula is C18H27F2N. The standard InChI is InChI=1S/C18H27F2N/c1-4-18(2,3)14-8-10-15(11-9-14)21-12-13-6-5-7-16(19)17(13)20/h5-7,14-15,21H,4,8-12H2,1-3H3. The predicted molar refractivity (Wildman–Crippen MR) is 83.0 cm³/mol. The third kappa shape index (κ3) is 4.03. The fourth-order valence-electron chi connectivity index (χ4n) is 3.31. The molecule has 0 aliphatic heterocycles. The molecule has 0 unspecified atom stereocenters. The molecule has 1 saturated carbocycles. The minimum Gasteiger partial charge on any atom is -0.310 e. The third-order valence-electron chi connectivity index (χ3n) is 5.36. The quantitative estimate of drug-likeness (QED) is 0.801. The van der Waals surface area contributed by atoms with Crippen LogP contribution < -0.4 is 5.32 Å². The van der Waals surface area contributed by atoms with E-state index in [1.165, 1.54) is 19.3 Å². The first-order valence-electron chi connectivity index (χ1n) is 8.10. The number of halogens is 2. The van der Waals surface area contributed by atoms with Crippen LogP contribution in [0.5, 0.6) is 0 Å². The Labute approximate surface area is 127 Å². The van der Waals surface area contributed by atoms with Gasteiger partial charge in [-0.25, -0.2) is 8.78 Å². The molecule has 1 aromatic carbocycles. The van der Waals surface area contributed by atoms with E-state index in [1.807, 2.05) is 0 Å². The van der Waals surface area contributed by atoms with Crippen LogP contribution in [-0.4, -0.2) is 6.04 Å². The summed E-state index contributed by atoms with van der Waals surface area (Å²) < 4.78 is 26.8. The Balaban J connectivity index is 1.83. The Morgan fingerprint density at radius 2 is 1.81 bits per heavy atom. The van der Waals surface area contributed by atoms with Crippen molar-refractivity contribution >= 4 is 0 Å². The van der Waals surface area contributed by atoms with Gasteiger partial charge in [0.1, 0.15) is 0 Å². The summed E-state index contributed by atoms with van der Waals surface area (Å²) in [4.78, 5) is 0. The van der Waals surface area contributed by atoms with Crippen LogP contribution in [0.4, 0.5) is 8.78 Å². The zero-order chi connectivity index (χ0) is 15.5. The zero-order valence-corrected chi connectivity index (χ0v) is 13.4. The molecule has 1 nitrogen and oxygen atoms in total. The number of benzene rings is 1. The minimum absolute atomic E-state index is 0.413. The summed E-state index contributed by atoms with van der Waals surface area (Å²) in [6, 6.07) is 4.81. The molecule has 1 aliphatic rings. The molecule has 0 radical (unpaired) electrons. The summed E-state index contributed by atoms with van der Waals surface area (Å²) in [6.07, 6.45) is 5.93. The molecule has 1 aromatic rings. The van der Waals surface area contributed by atoms with Crippen LogP contribution in [0.1, 0.15) is 58.4 Å². The van der Waals surface area contributed by atoms with Crippen molar-refractivity contribution in [2.45, 2.75) is 65.5 Å². The van der Waals surface area contributed by atoms with E-state index in [-0.39, 0.29) is 0 Å². The molecule has 0 amide bonds. The van der Waals surface area contributed by atoms with Gasteiger partial charge in [0.15, 0.2) is 11.6 Å². The van der Waals surface area contributed by atoms with Gasteiger partial charge in [0, 0.05) is 18.2 Å². The van der Waals surface area contributed by atoms with Crippen LogP contribution in [0.25, 0.3) is 0 Å². The van der Waals surface area contributed by atoms with Crippen LogP contribution in [0.15, 0.2) is 18.2 Å². The Kier molecular flexibility index (Phi) is 5.37. The van der Waals surface area contributed by atoms with E-state index in [0.717, 1.165) is 24.8 Å². The van der Waals surface area contributed by atoms with Crippen LogP contribution in [-0.2, 0) is 6.54 Å². The number of hydrogen-bond donors (Lipinski definition) is 1. The average Bonchev–Trinajstić information content (AvgIpc) is 2.49. The second kappa shape index (κ2) is 6.87. The van der Waals surface area contributed by atoms with Crippen LogP contribution >= 0.6 is 0 Å². The van der Waals surface area contributed by atoms with Gasteiger partial charge in [0.05, 0.1) is 0 Å². The second-order valence-electron chi connectivity index (χ2n) is 6.98. The average molecular weight is 295 g/mol. The van der Waals surface area contributed by atoms with Crippen molar-refractivity contribution in [2.75, 3.05) is 0 Å². The topological polar surface area (TPSA) is 12.0 Å². The van der Waals surface area contributed by atoms with E-state index < -0.39 is 11.6 Å². The summed E-state index contributed by atoms with van der Waals surface area (Å²) in [6.45, 7) is 7.38. The van der Waals surface area contributed by atoms with Crippen molar-refractivity contribution in [3.8, 4) is 0 Å². The summed E-state index contributed by atoms with van der Waals surface area (Å²) in [5, 5.41) is 3.39. The van der Waals surface area contributed by atoms with Gasteiger partial charge in [-0.2, -0.15) is 0 Å². The molecule has 0 spiro atoms. The van der Waals surface area contributed by atoms with E-state index in [0.29, 0.717) is 23.6 Å². The Bertz CT molecular complexity index is 462. The van der Waals surface area contributed by atoms with E-state index >= 15 is 0 Å². The maximum atomic E-state index is 13.6. The second-order valence-corrected chi connectivity index (χ2v) is 6.98. The van der Waals surface area contributed by atoms with Gasteiger partial charge < -0.3 is 5.32 Å². The molecule has 21 heavy (non-hydrogen) atoms. The van der Waals surface area contributed by atoms with Gasteiger partial charge in [-0.1, -0.05) is 39.3 Å². The van der Waals surface area contributed by atoms with Crippen molar-refractivity contribution in [3.63, 3.8) is 0 Å². The summed E-state index contributed by atoms with van der Waals surface area (Å²) in [7, 11) is 0. The van der Waals surface area contributed by atoms with E-state index in [2.05, 4.69) is 26.1 Å². The van der Waals surface area contributed by atoms with Crippen molar-refractivity contribution in [2.24, 2.45) is 11.3 Å². The molecular weight excluding hydrogens is 268 g/mol. The molecule has 1 aliphatic carbocycles. The first-order valence-corrected chi connectivity index (χ1v) is 8.10. The molecule has 1 fully saturated rings. The van der Waals surface area contributed by atoms with Crippen LogP contribution in [0, 0.1) is 23.0 Å². The van der Waals surface area contributed by atoms with Crippen LogP contribution in [0.2, 0.25) is 0 Å². The van der Waals surface area contributed by atoms with Crippen molar-refractivity contribution in [1.82, 2.24) is 5.32 Å². The SMILES string of the molecule is CCC(C)(C)C1CCC(NCc2cccc(F)c2F)CC1. The molecule has 2 rings (SSSR count). The number of hydrogen-bond acceptors (Lipinski definition) is 1. The van der Waals surface area contributed by atoms with Gasteiger partial charge in [0.2, 0.25) is 0 Å². The lowest BCUT2D eigenvalue weighted by Crippen LogP contribution is -2.36. The molecule has 0 aromatic heterocycles. The van der Waals surface area contributed by atoms with Gasteiger partial charge in [-0.3, -0.25) is 0 Å². The Hall–Kier alpha value is -0.960. The summed E-state index contributed by atoms with van der Waals surface area (Å²) in [5.41, 5.74) is 0.839. The predicted octanol–water partition coefficient (Wildman–Crippen LogP) is 5.05. The highest BCUT2D eigenvalue weighted by Gasteiger charge is 2.31. The lowest BCUT2D eigenvalue weighted by Gasteiger charge is -2.39. The molecule has 0 heterocycles. The maximum absolute atomic E-state index is 13.6. The maximum Gasteiger partial charge on any atom is 0.163 e. The zero-order valence-electron chi connectivity index (χ0n) is 13.4. The highest BCUT2D eigenvalue weighted by atomic mass is 19.2. The van der Waals surface area contributed by atoms with E-state index in [4.69, 9.17) is 0 Å². The van der Waals surface area contributed by atoms with Gasteiger partial charge in [-0.05, 0) is 43.1 Å². The van der Waals surface area contributed by atoms with Crippen LogP contribution in [0.3, 0.4) is 0 Å². The largest absolute Gasteiger partial charge is 0.310 e. The summed E-state index contributed by atoms with van der Waals surface area (Å²) >= 11 is 0. The normalized spacial score (nSPS) is 23.3. The number of rotatable bonds is 5. The summed E-state index contributed by atoms with van der Waals surface area (Å²) in [5.74, 6) is -0.694. The first kappa shape index (κ1) is 16.4. The lowest BCUT2D eigenvalue weighted by atomic mass is 9.69. The van der Waals surface area contributed by atoms with Gasteiger partial charge >= 0.3 is 0 Å². The fraction of sp³-hybridized carbons (Fsp3) is 0.667. The first-order chi connectivity index (χ1) is 9.94. The molecule has 1 N–H and O–H groups in total. The minimum atomic E-state index is -0.761. The van der Waals surface area contributed by atoms with Crippen molar-refractivity contribution < 1.29 is 8.78 Å². The van der Waals surface area contributed by atoms with Gasteiger partial charge in [0.25, 0.3) is 0 Å². The molecule has 3 heteroatoms. The molecule has 0 bridgehead atoms. The van der Waals surface area contributed by atoms with Crippen molar-refractivity contribution in [1.29, 1.82) is 0 Å². The highest BCUT2D eigenvalue weighted by Crippen LogP contribution is 2.40. The molecule has 118 valence electrons. The van der Waals surface area contributed by atoms with E-state index in [1.54, 1.807) is 12.1 Å². The Morgan fingerprint density at radius 1 is 1.14 bits per heavy atom. The number of nitrogens with one attached hydrogen (secondary N) is 1. The Morgan fingerprint density at radius 3 is 2.43 bits per heavy atom. The van der Waals surface area contributed by atoms with Gasteiger partial charge in [-0.15, -0.1) is 0 Å². The highest BCUT2D eigenvalue weighted by molar-refractivity contribution is 5.18. The monoisotopic (exact) mass is 295 g/mol. The third-order valence-corrected chi connectivity index (χ3v) is 5.36. The molecule has 0 saturated heterocycles. The fourth-order valence-corrected chi connectivity index (χ4v) is 3.31. The smallest absolute Gasteiger partial charge is 0.163 e. The molecule has 0 atom stereocenters. The van der Waals surface area contributed by atoms with E-state index in [9.17, 15) is 8.78 Å². The lowest BCUT2D eigenvalue weighted by molar-refractivity contribution is 0.136.